The largest absolute Gasteiger partial charge is 0.504 e. The maximum atomic E-state index is 13.4. The number of piperidine rings is 1. The average Bonchev–Trinajstić information content (AvgIpc) is 3.15. The number of nitrogens with zero attached hydrogens (tertiary/aromatic N) is 1. The molecule has 32 heavy (non-hydrogen) atoms. The fourth-order valence-corrected chi connectivity index (χ4v) is 4.09. The number of phenolic OH excluding ortho intramolecular Hbond substituents is 1. The third kappa shape index (κ3) is 3.49. The number of esters is 1. The fraction of sp³-hybridized carbons (Fsp3) is 0.273. The Kier molecular flexibility index (Phi) is 5.64. The second kappa shape index (κ2) is 8.40. The molecule has 2 saturated heterocycles. The van der Waals surface area contributed by atoms with Gasteiger partial charge in [0, 0.05) is 0 Å². The number of hydrazine groups is 1. The first-order valence-electron chi connectivity index (χ1n) is 9.81. The van der Waals surface area contributed by atoms with Gasteiger partial charge in [-0.25, -0.2) is 15.2 Å². The van der Waals surface area contributed by atoms with Crippen molar-refractivity contribution in [1.82, 2.24) is 10.7 Å². The summed E-state index contributed by atoms with van der Waals surface area (Å²) in [5.74, 6) is -6.20. The van der Waals surface area contributed by atoms with E-state index in [1.165, 1.54) is 30.3 Å². The van der Waals surface area contributed by atoms with Crippen molar-refractivity contribution in [3.05, 3.63) is 54.1 Å². The van der Waals surface area contributed by atoms with E-state index in [4.69, 9.17) is 4.74 Å². The van der Waals surface area contributed by atoms with Crippen LogP contribution in [0.1, 0.15) is 11.6 Å². The number of hydrogen-bond donors (Lipinski definition) is 3. The minimum atomic E-state index is -1.50. The van der Waals surface area contributed by atoms with E-state index >= 15 is 0 Å². The van der Waals surface area contributed by atoms with Crippen LogP contribution in [-0.2, 0) is 23.9 Å². The molecule has 0 radical (unpaired) electrons. The van der Waals surface area contributed by atoms with Crippen molar-refractivity contribution < 1.29 is 33.8 Å². The van der Waals surface area contributed by atoms with Gasteiger partial charge in [-0.1, -0.05) is 24.3 Å². The maximum Gasteiger partial charge on any atom is 0.375 e. The fourth-order valence-electron chi connectivity index (χ4n) is 4.09. The van der Waals surface area contributed by atoms with Crippen molar-refractivity contribution in [2.75, 3.05) is 19.2 Å². The minimum Gasteiger partial charge on any atom is -0.504 e. The number of benzene rings is 2. The first-order chi connectivity index (χ1) is 15.4. The van der Waals surface area contributed by atoms with E-state index in [1.54, 1.807) is 30.3 Å². The Hall–Kier alpha value is -3.76. The molecule has 2 aromatic carbocycles. The van der Waals surface area contributed by atoms with Gasteiger partial charge in [0.1, 0.15) is 11.8 Å². The predicted octanol–water partition coefficient (Wildman–Crippen LogP) is 0.466. The first-order valence-corrected chi connectivity index (χ1v) is 9.81. The number of Topliss-reactive ketones (excluding diaryl/α,β-unsaturated/α-hetero) is 2. The number of methoxy groups -OCH3 is 2. The van der Waals surface area contributed by atoms with Crippen LogP contribution in [0.25, 0.3) is 0 Å². The molecule has 2 fully saturated rings. The van der Waals surface area contributed by atoms with Crippen molar-refractivity contribution in [1.29, 1.82) is 0 Å². The third-order valence-electron chi connectivity index (χ3n) is 5.64. The number of anilines is 1. The van der Waals surface area contributed by atoms with Crippen LogP contribution in [0.5, 0.6) is 11.5 Å². The number of fused-ring (bicyclic) bond motifs is 1. The molecule has 2 aliphatic heterocycles. The smallest absolute Gasteiger partial charge is 0.375 e. The van der Waals surface area contributed by atoms with Crippen LogP contribution >= 0.6 is 0 Å². The van der Waals surface area contributed by atoms with Gasteiger partial charge in [0.05, 0.1) is 32.1 Å². The number of aromatic hydroxyl groups is 1. The first kappa shape index (κ1) is 21.5. The number of amides is 1. The van der Waals surface area contributed by atoms with Crippen LogP contribution < -0.4 is 20.5 Å². The Bertz CT molecular complexity index is 1090. The number of phenols is 1. The van der Waals surface area contributed by atoms with Gasteiger partial charge in [0.2, 0.25) is 0 Å². The third-order valence-corrected chi connectivity index (χ3v) is 5.64. The lowest BCUT2D eigenvalue weighted by atomic mass is 9.76. The monoisotopic (exact) mass is 439 g/mol. The molecule has 2 aromatic rings. The zero-order valence-electron chi connectivity index (χ0n) is 17.3. The molecule has 3 N–H and O–H groups in total. The molecule has 4 unspecified atom stereocenters. The van der Waals surface area contributed by atoms with Gasteiger partial charge in [-0.05, 0) is 29.8 Å². The molecule has 4 rings (SSSR count). The molecular formula is C22H21N3O7. The molecule has 4 atom stereocenters. The zero-order chi connectivity index (χ0) is 23.0. The van der Waals surface area contributed by atoms with Crippen LogP contribution in [0.4, 0.5) is 5.69 Å². The van der Waals surface area contributed by atoms with Crippen LogP contribution in [0.3, 0.4) is 0 Å². The summed E-state index contributed by atoms with van der Waals surface area (Å²) < 4.78 is 9.68. The van der Waals surface area contributed by atoms with Gasteiger partial charge in [-0.15, -0.1) is 0 Å². The summed E-state index contributed by atoms with van der Waals surface area (Å²) in [6.45, 7) is 0. The molecule has 0 saturated carbocycles. The van der Waals surface area contributed by atoms with Crippen LogP contribution in [-0.4, -0.2) is 48.9 Å². The van der Waals surface area contributed by atoms with E-state index in [-0.39, 0.29) is 11.5 Å². The highest BCUT2D eigenvalue weighted by atomic mass is 16.5. The number of carbonyl (C=O) groups excluding carboxylic acids is 4. The Morgan fingerprint density at radius 1 is 1.06 bits per heavy atom. The average molecular weight is 439 g/mol. The summed E-state index contributed by atoms with van der Waals surface area (Å²) >= 11 is 0. The second-order valence-electron chi connectivity index (χ2n) is 7.41. The molecule has 10 heteroatoms. The van der Waals surface area contributed by atoms with Gasteiger partial charge in [-0.3, -0.25) is 19.7 Å². The van der Waals surface area contributed by atoms with E-state index in [2.05, 4.69) is 15.5 Å². The van der Waals surface area contributed by atoms with Gasteiger partial charge < -0.3 is 14.6 Å². The number of para-hydroxylation sites is 1. The van der Waals surface area contributed by atoms with E-state index in [9.17, 15) is 24.3 Å². The molecule has 0 aromatic heterocycles. The summed E-state index contributed by atoms with van der Waals surface area (Å²) in [6, 6.07) is 12.0. The van der Waals surface area contributed by atoms with Gasteiger partial charge in [0.25, 0.3) is 11.7 Å². The van der Waals surface area contributed by atoms with E-state index < -0.39 is 47.5 Å². The molecule has 1 amide bonds. The van der Waals surface area contributed by atoms with E-state index in [1.807, 2.05) is 0 Å². The molecular weight excluding hydrogens is 418 g/mol. The number of ether oxygens (including phenoxy) is 2. The Labute approximate surface area is 183 Å². The standard InChI is InChI=1S/C22H21N3O7/c1-31-14-10-11(8-9-13(14)26)17-15(19(28)22(30)32-2)18(27)16-20(23-17)24-25(21(16)29)12-6-4-3-5-7-12/h3-10,15-17,20,23-24,26H,1-2H3. The highest BCUT2D eigenvalue weighted by Crippen LogP contribution is 2.39. The SMILES string of the molecule is COC(=O)C(=O)C1C(=O)C2C(=O)N(c3ccccc3)NC2NC1c1ccc(O)c(OC)c1. The Morgan fingerprint density at radius 3 is 2.44 bits per heavy atom. The van der Waals surface area contributed by atoms with Crippen molar-refractivity contribution in [2.24, 2.45) is 11.8 Å². The van der Waals surface area contributed by atoms with Crippen molar-refractivity contribution in [3.8, 4) is 11.5 Å². The molecule has 2 aliphatic rings. The van der Waals surface area contributed by atoms with Crippen molar-refractivity contribution in [3.63, 3.8) is 0 Å². The topological polar surface area (TPSA) is 134 Å². The maximum absolute atomic E-state index is 13.4. The van der Waals surface area contributed by atoms with Gasteiger partial charge in [0.15, 0.2) is 17.3 Å². The highest BCUT2D eigenvalue weighted by Gasteiger charge is 2.56. The zero-order valence-corrected chi connectivity index (χ0v) is 17.3. The van der Waals surface area contributed by atoms with Crippen molar-refractivity contribution in [2.45, 2.75) is 12.2 Å². The molecule has 0 bridgehead atoms. The molecule has 166 valence electrons. The number of hydrogen-bond acceptors (Lipinski definition) is 9. The molecule has 0 spiro atoms. The van der Waals surface area contributed by atoms with Crippen LogP contribution in [0.2, 0.25) is 0 Å². The lowest BCUT2D eigenvalue weighted by Gasteiger charge is -2.36. The van der Waals surface area contributed by atoms with Gasteiger partial charge in [-0.2, -0.15) is 0 Å². The summed E-state index contributed by atoms with van der Waals surface area (Å²) in [5.41, 5.74) is 3.92. The highest BCUT2D eigenvalue weighted by molar-refractivity contribution is 6.39. The summed E-state index contributed by atoms with van der Waals surface area (Å²) in [5, 5.41) is 14.3. The van der Waals surface area contributed by atoms with E-state index in [0.717, 1.165) is 7.11 Å². The molecule has 0 aliphatic carbocycles. The summed E-state index contributed by atoms with van der Waals surface area (Å²) in [4.78, 5) is 51.4. The molecule has 2 heterocycles. The second-order valence-corrected chi connectivity index (χ2v) is 7.41. The van der Waals surface area contributed by atoms with E-state index in [0.29, 0.717) is 11.3 Å². The number of nitrogens with one attached hydrogen (secondary N) is 2. The lowest BCUT2D eigenvalue weighted by molar-refractivity contribution is -0.157. The summed E-state index contributed by atoms with van der Waals surface area (Å²) in [6.07, 6.45) is -0.818. The Balaban J connectivity index is 1.75. The lowest BCUT2D eigenvalue weighted by Crippen LogP contribution is -2.58. The number of ketones is 2. The van der Waals surface area contributed by atoms with Crippen molar-refractivity contribution >= 4 is 29.1 Å². The van der Waals surface area contributed by atoms with Crippen LogP contribution in [0.15, 0.2) is 48.5 Å². The Morgan fingerprint density at radius 2 is 1.78 bits per heavy atom. The van der Waals surface area contributed by atoms with Gasteiger partial charge >= 0.3 is 5.97 Å². The number of carbonyl (C=O) groups is 4. The quantitative estimate of drug-likeness (QED) is 0.345. The predicted molar refractivity (Wildman–Crippen MR) is 110 cm³/mol. The van der Waals surface area contributed by atoms with Crippen LogP contribution in [0, 0.1) is 11.8 Å². The minimum absolute atomic E-state index is 0.128. The number of rotatable bonds is 5. The molecule has 10 nitrogen and oxygen atoms in total. The normalized spacial score (nSPS) is 24.8. The summed E-state index contributed by atoms with van der Waals surface area (Å²) in [7, 11) is 2.40.